The van der Waals surface area contributed by atoms with Gasteiger partial charge in [-0.05, 0) is 31.1 Å². The molecule has 5 heteroatoms. The average molecular weight is 293 g/mol. The summed E-state index contributed by atoms with van der Waals surface area (Å²) in [7, 11) is 1.53. The molecule has 3 atom stereocenters. The Morgan fingerprint density at radius 2 is 2.05 bits per heavy atom. The van der Waals surface area contributed by atoms with Crippen molar-refractivity contribution in [3.63, 3.8) is 0 Å². The van der Waals surface area contributed by atoms with Crippen LogP contribution in [0.4, 0.5) is 0 Å². The summed E-state index contributed by atoms with van der Waals surface area (Å²) in [6.45, 7) is 0.184. The fourth-order valence-corrected chi connectivity index (χ4v) is 4.04. The molecule has 0 bridgehead atoms. The minimum Gasteiger partial charge on any atom is -0.475 e. The number of carboxylic acid groups (broad SMARTS) is 1. The maximum atomic E-state index is 11.2. The van der Waals surface area contributed by atoms with Crippen molar-refractivity contribution in [1.29, 1.82) is 0 Å². The SMILES string of the molecule is COCc1nc(C2CCC3CCCCC3C2)oc1C(=O)O. The second kappa shape index (κ2) is 6.18. The minimum absolute atomic E-state index is 0.0578. The van der Waals surface area contributed by atoms with Gasteiger partial charge < -0.3 is 14.3 Å². The number of methoxy groups -OCH3 is 1. The Morgan fingerprint density at radius 3 is 2.76 bits per heavy atom. The summed E-state index contributed by atoms with van der Waals surface area (Å²) in [6.07, 6.45) is 8.74. The van der Waals surface area contributed by atoms with Crippen LogP contribution in [0.3, 0.4) is 0 Å². The number of carboxylic acids is 1. The van der Waals surface area contributed by atoms with Crippen LogP contribution >= 0.6 is 0 Å². The highest BCUT2D eigenvalue weighted by atomic mass is 16.5. The third-order valence-electron chi connectivity index (χ3n) is 5.08. The van der Waals surface area contributed by atoms with Gasteiger partial charge in [0.05, 0.1) is 6.61 Å². The highest BCUT2D eigenvalue weighted by Gasteiger charge is 2.35. The normalized spacial score (nSPS) is 29.1. The number of aromatic nitrogens is 1. The van der Waals surface area contributed by atoms with Crippen molar-refractivity contribution in [2.75, 3.05) is 7.11 Å². The lowest BCUT2D eigenvalue weighted by Gasteiger charge is -2.38. The van der Waals surface area contributed by atoms with E-state index in [0.29, 0.717) is 11.6 Å². The van der Waals surface area contributed by atoms with Crippen LogP contribution < -0.4 is 0 Å². The molecule has 5 nitrogen and oxygen atoms in total. The Bertz CT molecular complexity index is 510. The summed E-state index contributed by atoms with van der Waals surface area (Å²) in [5.74, 6) is 1.38. The molecule has 0 radical (unpaired) electrons. The largest absolute Gasteiger partial charge is 0.475 e. The summed E-state index contributed by atoms with van der Waals surface area (Å²) in [5.41, 5.74) is 0.408. The molecule has 2 aliphatic carbocycles. The van der Waals surface area contributed by atoms with E-state index in [1.807, 2.05) is 0 Å². The summed E-state index contributed by atoms with van der Waals surface area (Å²) >= 11 is 0. The predicted molar refractivity (Wildman–Crippen MR) is 76.2 cm³/mol. The van der Waals surface area contributed by atoms with Gasteiger partial charge in [0.25, 0.3) is 0 Å². The number of nitrogens with zero attached hydrogens (tertiary/aromatic N) is 1. The number of ether oxygens (including phenoxy) is 1. The Balaban J connectivity index is 1.77. The van der Waals surface area contributed by atoms with Crippen molar-refractivity contribution < 1.29 is 19.1 Å². The summed E-state index contributed by atoms with van der Waals surface area (Å²) in [5, 5.41) is 9.20. The summed E-state index contributed by atoms with van der Waals surface area (Å²) in [4.78, 5) is 15.6. The Hall–Kier alpha value is -1.36. The lowest BCUT2D eigenvalue weighted by Crippen LogP contribution is -2.27. The molecule has 2 aliphatic rings. The second-order valence-corrected chi connectivity index (χ2v) is 6.38. The van der Waals surface area contributed by atoms with E-state index in [9.17, 15) is 9.90 Å². The quantitative estimate of drug-likeness (QED) is 0.918. The maximum Gasteiger partial charge on any atom is 0.373 e. The van der Waals surface area contributed by atoms with Crippen molar-refractivity contribution >= 4 is 5.97 Å². The Morgan fingerprint density at radius 1 is 1.29 bits per heavy atom. The zero-order valence-electron chi connectivity index (χ0n) is 12.5. The van der Waals surface area contributed by atoms with Gasteiger partial charge in [0.2, 0.25) is 5.76 Å². The lowest BCUT2D eigenvalue weighted by molar-refractivity contribution is 0.0650. The van der Waals surface area contributed by atoms with Crippen molar-refractivity contribution in [3.05, 3.63) is 17.3 Å². The fourth-order valence-electron chi connectivity index (χ4n) is 4.04. The predicted octanol–water partition coefficient (Wildman–Crippen LogP) is 3.59. The van der Waals surface area contributed by atoms with Gasteiger partial charge in [0, 0.05) is 13.0 Å². The zero-order valence-corrected chi connectivity index (χ0v) is 12.5. The van der Waals surface area contributed by atoms with E-state index in [4.69, 9.17) is 9.15 Å². The number of hydrogen-bond acceptors (Lipinski definition) is 4. The van der Waals surface area contributed by atoms with Gasteiger partial charge in [-0.3, -0.25) is 0 Å². The third-order valence-corrected chi connectivity index (χ3v) is 5.08. The molecule has 0 amide bonds. The molecule has 3 rings (SSSR count). The van der Waals surface area contributed by atoms with Crippen LogP contribution in [0.5, 0.6) is 0 Å². The van der Waals surface area contributed by atoms with Crippen molar-refractivity contribution in [2.45, 2.75) is 57.5 Å². The maximum absolute atomic E-state index is 11.2. The van der Waals surface area contributed by atoms with Crippen LogP contribution in [0.15, 0.2) is 4.42 Å². The van der Waals surface area contributed by atoms with Gasteiger partial charge in [-0.1, -0.05) is 25.7 Å². The van der Waals surface area contributed by atoms with Crippen LogP contribution in [0, 0.1) is 11.8 Å². The molecule has 2 fully saturated rings. The van der Waals surface area contributed by atoms with Crippen LogP contribution in [0.25, 0.3) is 0 Å². The van der Waals surface area contributed by atoms with E-state index < -0.39 is 5.97 Å². The molecule has 1 aromatic heterocycles. The molecule has 0 aromatic carbocycles. The van der Waals surface area contributed by atoms with E-state index in [1.165, 1.54) is 39.2 Å². The average Bonchev–Trinajstić information content (AvgIpc) is 2.91. The zero-order chi connectivity index (χ0) is 14.8. The van der Waals surface area contributed by atoms with E-state index in [0.717, 1.165) is 24.7 Å². The molecule has 1 aromatic rings. The number of fused-ring (bicyclic) bond motifs is 1. The first-order chi connectivity index (χ1) is 10.2. The van der Waals surface area contributed by atoms with E-state index in [1.54, 1.807) is 0 Å². The van der Waals surface area contributed by atoms with Crippen LogP contribution in [-0.4, -0.2) is 23.2 Å². The molecule has 1 heterocycles. The van der Waals surface area contributed by atoms with Gasteiger partial charge in [-0.2, -0.15) is 0 Å². The minimum atomic E-state index is -1.06. The Kier molecular flexibility index (Phi) is 4.29. The van der Waals surface area contributed by atoms with Crippen molar-refractivity contribution in [3.8, 4) is 0 Å². The summed E-state index contributed by atoms with van der Waals surface area (Å²) < 4.78 is 10.6. The highest BCUT2D eigenvalue weighted by Crippen LogP contribution is 2.46. The van der Waals surface area contributed by atoms with E-state index in [2.05, 4.69) is 4.98 Å². The molecule has 0 spiro atoms. The second-order valence-electron chi connectivity index (χ2n) is 6.38. The third kappa shape index (κ3) is 2.98. The smallest absolute Gasteiger partial charge is 0.373 e. The topological polar surface area (TPSA) is 72.6 Å². The van der Waals surface area contributed by atoms with Crippen LogP contribution in [-0.2, 0) is 11.3 Å². The molecule has 1 N–H and O–H groups in total. The van der Waals surface area contributed by atoms with Gasteiger partial charge in [0.15, 0.2) is 5.89 Å². The number of hydrogen-bond donors (Lipinski definition) is 1. The van der Waals surface area contributed by atoms with E-state index in [-0.39, 0.29) is 18.3 Å². The lowest BCUT2D eigenvalue weighted by atomic mass is 9.67. The molecule has 21 heavy (non-hydrogen) atoms. The van der Waals surface area contributed by atoms with Gasteiger partial charge >= 0.3 is 5.97 Å². The molecular formula is C16H23NO4. The molecule has 3 unspecified atom stereocenters. The first-order valence-corrected chi connectivity index (χ1v) is 7.91. The molecule has 0 aliphatic heterocycles. The standard InChI is InChI=1S/C16H23NO4/c1-20-9-13-14(16(18)19)21-15(17-13)12-7-6-10-4-2-3-5-11(10)8-12/h10-12H,2-9H2,1H3,(H,18,19). The van der Waals surface area contributed by atoms with Crippen molar-refractivity contribution in [2.24, 2.45) is 11.8 Å². The molecular weight excluding hydrogens is 270 g/mol. The number of aromatic carboxylic acids is 1. The van der Waals surface area contributed by atoms with E-state index >= 15 is 0 Å². The van der Waals surface area contributed by atoms with Crippen LogP contribution in [0.1, 0.15) is 73.0 Å². The van der Waals surface area contributed by atoms with Crippen LogP contribution in [0.2, 0.25) is 0 Å². The molecule has 0 saturated heterocycles. The summed E-state index contributed by atoms with van der Waals surface area (Å²) in [6, 6.07) is 0. The van der Waals surface area contributed by atoms with Crippen molar-refractivity contribution in [1.82, 2.24) is 4.98 Å². The van der Waals surface area contributed by atoms with Gasteiger partial charge in [-0.15, -0.1) is 0 Å². The van der Waals surface area contributed by atoms with Gasteiger partial charge in [-0.25, -0.2) is 9.78 Å². The highest BCUT2D eigenvalue weighted by molar-refractivity contribution is 5.85. The number of carbonyl (C=O) groups is 1. The monoisotopic (exact) mass is 293 g/mol. The Labute approximate surface area is 124 Å². The molecule has 2 saturated carbocycles. The fraction of sp³-hybridized carbons (Fsp3) is 0.750. The van der Waals surface area contributed by atoms with Gasteiger partial charge in [0.1, 0.15) is 5.69 Å². The molecule has 116 valence electrons. The number of oxazole rings is 1. The first kappa shape index (κ1) is 14.6. The first-order valence-electron chi connectivity index (χ1n) is 7.91. The number of rotatable bonds is 4.